The van der Waals surface area contributed by atoms with Crippen molar-refractivity contribution in [3.63, 3.8) is 0 Å². The zero-order valence-electron chi connectivity index (χ0n) is 11.9. The molecule has 5 unspecified atom stereocenters. The van der Waals surface area contributed by atoms with E-state index in [1.165, 1.54) is 50.0 Å². The molecule has 2 aliphatic rings. The van der Waals surface area contributed by atoms with Crippen LogP contribution in [-0.2, 0) is 0 Å². The Morgan fingerprint density at radius 1 is 1.11 bits per heavy atom. The maximum absolute atomic E-state index is 6.67. The largest absolute Gasteiger partial charge is 0.326 e. The van der Waals surface area contributed by atoms with Crippen molar-refractivity contribution in [1.29, 1.82) is 0 Å². The molecule has 106 valence electrons. The predicted molar refractivity (Wildman–Crippen MR) is 86.5 cm³/mol. The van der Waals surface area contributed by atoms with E-state index in [1.807, 2.05) is 0 Å². The summed E-state index contributed by atoms with van der Waals surface area (Å²) in [6, 6.07) is 0.446. The molecule has 0 aromatic carbocycles. The van der Waals surface area contributed by atoms with E-state index >= 15 is 0 Å². The number of rotatable bonds is 4. The highest BCUT2D eigenvalue weighted by Gasteiger charge is 2.36. The van der Waals surface area contributed by atoms with Crippen molar-refractivity contribution < 1.29 is 0 Å². The van der Waals surface area contributed by atoms with Crippen molar-refractivity contribution in [3.8, 4) is 0 Å². The summed E-state index contributed by atoms with van der Waals surface area (Å²) < 4.78 is 0. The van der Waals surface area contributed by atoms with Gasteiger partial charge in [0.25, 0.3) is 0 Å². The fraction of sp³-hybridized carbons (Fsp3) is 1.00. The number of hydrogen-bond donors (Lipinski definition) is 1. The van der Waals surface area contributed by atoms with E-state index in [4.69, 9.17) is 5.73 Å². The molecule has 1 aliphatic heterocycles. The van der Waals surface area contributed by atoms with E-state index in [-0.39, 0.29) is 0 Å². The topological polar surface area (TPSA) is 26.0 Å². The van der Waals surface area contributed by atoms with Crippen LogP contribution in [0.5, 0.6) is 0 Å². The zero-order valence-corrected chi connectivity index (χ0v) is 13.6. The highest BCUT2D eigenvalue weighted by molar-refractivity contribution is 8.07. The number of thioether (sulfide) groups is 2. The van der Waals surface area contributed by atoms with Gasteiger partial charge in [-0.1, -0.05) is 33.1 Å². The molecule has 2 fully saturated rings. The van der Waals surface area contributed by atoms with Gasteiger partial charge in [-0.25, -0.2) is 0 Å². The van der Waals surface area contributed by atoms with Crippen LogP contribution in [0.1, 0.15) is 52.4 Å². The third-order valence-corrected chi connectivity index (χ3v) is 8.21. The van der Waals surface area contributed by atoms with E-state index < -0.39 is 0 Å². The molecule has 1 aliphatic carbocycles. The van der Waals surface area contributed by atoms with Crippen LogP contribution in [-0.4, -0.2) is 28.0 Å². The molecule has 0 spiro atoms. The smallest absolute Gasteiger partial charge is 0.0320 e. The standard InChI is InChI=1S/C15H29NS2/c1-3-11-6-5-7-12(10-11)14(16)15-13(4-2)17-8-9-18-15/h11-15H,3-10,16H2,1-2H3. The molecule has 1 saturated carbocycles. The van der Waals surface area contributed by atoms with E-state index in [1.54, 1.807) is 0 Å². The lowest BCUT2D eigenvalue weighted by Crippen LogP contribution is -2.47. The van der Waals surface area contributed by atoms with Crippen LogP contribution in [0.25, 0.3) is 0 Å². The summed E-state index contributed by atoms with van der Waals surface area (Å²) in [6.45, 7) is 4.68. The first-order valence-corrected chi connectivity index (χ1v) is 9.84. The number of hydrogen-bond acceptors (Lipinski definition) is 3. The third-order valence-electron chi connectivity index (χ3n) is 4.82. The van der Waals surface area contributed by atoms with Crippen molar-refractivity contribution in [1.82, 2.24) is 0 Å². The molecule has 0 aromatic rings. The van der Waals surface area contributed by atoms with Crippen LogP contribution in [0.2, 0.25) is 0 Å². The minimum absolute atomic E-state index is 0.446. The van der Waals surface area contributed by atoms with Crippen molar-refractivity contribution in [2.24, 2.45) is 17.6 Å². The Balaban J connectivity index is 1.93. The Labute approximate surface area is 121 Å². The molecular formula is C15H29NS2. The van der Waals surface area contributed by atoms with Crippen molar-refractivity contribution in [2.45, 2.75) is 68.9 Å². The fourth-order valence-electron chi connectivity index (χ4n) is 3.62. The summed E-state index contributed by atoms with van der Waals surface area (Å²) in [5.41, 5.74) is 6.67. The minimum atomic E-state index is 0.446. The summed E-state index contributed by atoms with van der Waals surface area (Å²) in [5.74, 6) is 4.39. The van der Waals surface area contributed by atoms with Crippen LogP contribution in [0.4, 0.5) is 0 Å². The third kappa shape index (κ3) is 3.61. The lowest BCUT2D eigenvalue weighted by Gasteiger charge is -2.40. The van der Waals surface area contributed by atoms with E-state index in [0.717, 1.165) is 17.1 Å². The van der Waals surface area contributed by atoms with Crippen LogP contribution in [0, 0.1) is 11.8 Å². The Hall–Kier alpha value is 0.660. The maximum Gasteiger partial charge on any atom is 0.0320 e. The summed E-state index contributed by atoms with van der Waals surface area (Å²) in [6.07, 6.45) is 8.29. The molecule has 0 aromatic heterocycles. The first-order chi connectivity index (χ1) is 8.76. The van der Waals surface area contributed by atoms with Crippen LogP contribution in [0.3, 0.4) is 0 Å². The fourth-order valence-corrected chi connectivity index (χ4v) is 6.89. The molecule has 1 saturated heterocycles. The summed E-state index contributed by atoms with van der Waals surface area (Å²) in [4.78, 5) is 0. The molecule has 0 radical (unpaired) electrons. The average molecular weight is 288 g/mol. The second-order valence-electron chi connectivity index (χ2n) is 5.93. The summed E-state index contributed by atoms with van der Waals surface area (Å²) >= 11 is 4.33. The molecule has 5 atom stereocenters. The van der Waals surface area contributed by atoms with Gasteiger partial charge in [-0.15, -0.1) is 0 Å². The maximum atomic E-state index is 6.67. The Kier molecular flexibility index (Phi) is 6.23. The van der Waals surface area contributed by atoms with Gasteiger partial charge in [-0.2, -0.15) is 23.5 Å². The average Bonchev–Trinajstić information content (AvgIpc) is 2.46. The van der Waals surface area contributed by atoms with E-state index in [2.05, 4.69) is 37.4 Å². The van der Waals surface area contributed by atoms with Gasteiger partial charge in [-0.05, 0) is 31.1 Å². The van der Waals surface area contributed by atoms with Crippen LogP contribution >= 0.6 is 23.5 Å². The van der Waals surface area contributed by atoms with Gasteiger partial charge in [-0.3, -0.25) is 0 Å². The first-order valence-electron chi connectivity index (χ1n) is 7.75. The second-order valence-corrected chi connectivity index (χ2v) is 8.56. The molecule has 3 heteroatoms. The van der Waals surface area contributed by atoms with Crippen LogP contribution < -0.4 is 5.73 Å². The van der Waals surface area contributed by atoms with Gasteiger partial charge < -0.3 is 5.73 Å². The molecule has 0 amide bonds. The van der Waals surface area contributed by atoms with Gasteiger partial charge >= 0.3 is 0 Å². The van der Waals surface area contributed by atoms with Crippen molar-refractivity contribution in [2.75, 3.05) is 11.5 Å². The summed E-state index contributed by atoms with van der Waals surface area (Å²) in [5, 5.41) is 1.52. The normalized spacial score (nSPS) is 39.5. The van der Waals surface area contributed by atoms with Gasteiger partial charge in [0, 0.05) is 28.0 Å². The quantitative estimate of drug-likeness (QED) is 0.841. The van der Waals surface area contributed by atoms with Gasteiger partial charge in [0.15, 0.2) is 0 Å². The van der Waals surface area contributed by atoms with Crippen molar-refractivity contribution in [3.05, 3.63) is 0 Å². The predicted octanol–water partition coefficient (Wildman–Crippen LogP) is 4.16. The second kappa shape index (κ2) is 7.44. The van der Waals surface area contributed by atoms with Gasteiger partial charge in [0.1, 0.15) is 0 Å². The summed E-state index contributed by atoms with van der Waals surface area (Å²) in [7, 11) is 0. The Morgan fingerprint density at radius 2 is 1.89 bits per heavy atom. The monoisotopic (exact) mass is 287 g/mol. The SMILES string of the molecule is CCC1CCCC(C(N)C2SCCSC2CC)C1. The molecule has 2 N–H and O–H groups in total. The highest BCUT2D eigenvalue weighted by atomic mass is 32.2. The molecule has 0 bridgehead atoms. The van der Waals surface area contributed by atoms with Crippen molar-refractivity contribution >= 4 is 23.5 Å². The first kappa shape index (κ1) is 15.1. The lowest BCUT2D eigenvalue weighted by atomic mass is 9.76. The molecule has 1 heterocycles. The number of nitrogens with two attached hydrogens (primary N) is 1. The molecule has 2 rings (SSSR count). The van der Waals surface area contributed by atoms with E-state index in [9.17, 15) is 0 Å². The minimum Gasteiger partial charge on any atom is -0.326 e. The lowest BCUT2D eigenvalue weighted by molar-refractivity contribution is 0.225. The van der Waals surface area contributed by atoms with Gasteiger partial charge in [0.05, 0.1) is 0 Å². The van der Waals surface area contributed by atoms with E-state index in [0.29, 0.717) is 11.3 Å². The molecule has 1 nitrogen and oxygen atoms in total. The highest BCUT2D eigenvalue weighted by Crippen LogP contribution is 2.40. The molecular weight excluding hydrogens is 258 g/mol. The van der Waals surface area contributed by atoms with Gasteiger partial charge in [0.2, 0.25) is 0 Å². The Bertz CT molecular complexity index is 247. The van der Waals surface area contributed by atoms with Crippen LogP contribution in [0.15, 0.2) is 0 Å². The Morgan fingerprint density at radius 3 is 2.61 bits per heavy atom. The zero-order chi connectivity index (χ0) is 13.0. The molecule has 18 heavy (non-hydrogen) atoms.